The zero-order valence-electron chi connectivity index (χ0n) is 10.8. The van der Waals surface area contributed by atoms with Crippen LogP contribution in [0.3, 0.4) is 0 Å². The summed E-state index contributed by atoms with van der Waals surface area (Å²) in [6, 6.07) is 0. The second-order valence-corrected chi connectivity index (χ2v) is 4.07. The maximum absolute atomic E-state index is 5.77. The number of nitrogens with zero attached hydrogens (tertiary/aromatic N) is 3. The number of ether oxygens (including phenoxy) is 3. The van der Waals surface area contributed by atoms with Crippen molar-refractivity contribution < 1.29 is 14.2 Å². The van der Waals surface area contributed by atoms with Gasteiger partial charge < -0.3 is 24.8 Å². The summed E-state index contributed by atoms with van der Waals surface area (Å²) >= 11 is 0. The van der Waals surface area contributed by atoms with Crippen molar-refractivity contribution in [2.75, 3.05) is 45.1 Å². The highest BCUT2D eigenvalue weighted by atomic mass is 16.5. The lowest BCUT2D eigenvalue weighted by atomic mass is 10.3. The molecular formula is C11H18N4O3. The quantitative estimate of drug-likeness (QED) is 0.804. The van der Waals surface area contributed by atoms with Gasteiger partial charge in [-0.3, -0.25) is 0 Å². The molecule has 7 heteroatoms. The largest absolute Gasteiger partial charge is 0.490 e. The van der Waals surface area contributed by atoms with Crippen LogP contribution in [0.4, 0.5) is 11.6 Å². The third kappa shape index (κ3) is 2.19. The van der Waals surface area contributed by atoms with Gasteiger partial charge in [0.15, 0.2) is 11.6 Å². The lowest BCUT2D eigenvalue weighted by Gasteiger charge is -2.19. The predicted octanol–water partition coefficient (Wildman–Crippen LogP) is -0.0826. The number of aromatic nitrogens is 2. The van der Waals surface area contributed by atoms with Crippen LogP contribution in [0.15, 0.2) is 6.33 Å². The zero-order chi connectivity index (χ0) is 13.1. The standard InChI is InChI=1S/C11H18N4O3/c1-16-7-4-15(5-8(7)17-2)11-9(18-3)10(12)13-6-14-11/h6-8H,4-5H2,1-3H3,(H2,12,13,14). The number of rotatable bonds is 4. The predicted molar refractivity (Wildman–Crippen MR) is 66.8 cm³/mol. The van der Waals surface area contributed by atoms with E-state index in [2.05, 4.69) is 9.97 Å². The van der Waals surface area contributed by atoms with E-state index < -0.39 is 0 Å². The van der Waals surface area contributed by atoms with Crippen molar-refractivity contribution in [3.63, 3.8) is 0 Å². The molecule has 0 saturated carbocycles. The summed E-state index contributed by atoms with van der Waals surface area (Å²) in [4.78, 5) is 10.2. The van der Waals surface area contributed by atoms with Gasteiger partial charge in [-0.2, -0.15) is 0 Å². The highest BCUT2D eigenvalue weighted by Gasteiger charge is 2.35. The summed E-state index contributed by atoms with van der Waals surface area (Å²) in [5, 5.41) is 0. The van der Waals surface area contributed by atoms with Crippen LogP contribution < -0.4 is 15.4 Å². The van der Waals surface area contributed by atoms with Gasteiger partial charge >= 0.3 is 0 Å². The molecule has 1 aromatic rings. The van der Waals surface area contributed by atoms with Gasteiger partial charge in [-0.15, -0.1) is 0 Å². The Hall–Kier alpha value is -1.60. The van der Waals surface area contributed by atoms with E-state index in [9.17, 15) is 0 Å². The minimum Gasteiger partial charge on any atom is -0.490 e. The molecule has 1 aliphatic heterocycles. The third-order valence-corrected chi connectivity index (χ3v) is 3.14. The minimum atomic E-state index is 0.0101. The van der Waals surface area contributed by atoms with Gasteiger partial charge in [-0.25, -0.2) is 9.97 Å². The normalized spacial score (nSPS) is 23.4. The van der Waals surface area contributed by atoms with Gasteiger partial charge in [0.25, 0.3) is 0 Å². The Kier molecular flexibility index (Phi) is 3.83. The molecule has 2 rings (SSSR count). The molecule has 1 aromatic heterocycles. The van der Waals surface area contributed by atoms with E-state index in [1.165, 1.54) is 6.33 Å². The Bertz CT molecular complexity index is 403. The van der Waals surface area contributed by atoms with Crippen LogP contribution in [0.5, 0.6) is 5.75 Å². The molecule has 0 radical (unpaired) electrons. The van der Waals surface area contributed by atoms with Crippen molar-refractivity contribution in [2.45, 2.75) is 12.2 Å². The molecule has 2 atom stereocenters. The van der Waals surface area contributed by atoms with Crippen molar-refractivity contribution in [1.82, 2.24) is 9.97 Å². The van der Waals surface area contributed by atoms with E-state index in [4.69, 9.17) is 19.9 Å². The van der Waals surface area contributed by atoms with Crippen molar-refractivity contribution in [3.05, 3.63) is 6.33 Å². The van der Waals surface area contributed by atoms with Crippen molar-refractivity contribution in [3.8, 4) is 5.75 Å². The molecule has 0 bridgehead atoms. The van der Waals surface area contributed by atoms with E-state index in [-0.39, 0.29) is 12.2 Å². The van der Waals surface area contributed by atoms with Crippen LogP contribution in [0.1, 0.15) is 0 Å². The minimum absolute atomic E-state index is 0.0101. The van der Waals surface area contributed by atoms with E-state index in [0.29, 0.717) is 30.5 Å². The van der Waals surface area contributed by atoms with Gasteiger partial charge in [-0.05, 0) is 0 Å². The van der Waals surface area contributed by atoms with Crippen molar-refractivity contribution in [2.24, 2.45) is 0 Å². The lowest BCUT2D eigenvalue weighted by molar-refractivity contribution is -0.00461. The number of hydrogen-bond acceptors (Lipinski definition) is 7. The third-order valence-electron chi connectivity index (χ3n) is 3.14. The molecule has 0 spiro atoms. The van der Waals surface area contributed by atoms with E-state index >= 15 is 0 Å². The average Bonchev–Trinajstić information content (AvgIpc) is 2.81. The first-order valence-electron chi connectivity index (χ1n) is 5.66. The highest BCUT2D eigenvalue weighted by Crippen LogP contribution is 2.32. The molecule has 2 unspecified atom stereocenters. The molecular weight excluding hydrogens is 236 g/mol. The Balaban J connectivity index is 2.25. The number of hydrogen-bond donors (Lipinski definition) is 1. The Morgan fingerprint density at radius 3 is 2.28 bits per heavy atom. The molecule has 1 saturated heterocycles. The molecule has 7 nitrogen and oxygen atoms in total. The maximum atomic E-state index is 5.77. The Morgan fingerprint density at radius 2 is 1.78 bits per heavy atom. The van der Waals surface area contributed by atoms with Gasteiger partial charge in [-0.1, -0.05) is 0 Å². The fraction of sp³-hybridized carbons (Fsp3) is 0.636. The molecule has 0 aromatic carbocycles. The van der Waals surface area contributed by atoms with E-state index in [1.807, 2.05) is 4.90 Å². The molecule has 2 N–H and O–H groups in total. The maximum Gasteiger partial charge on any atom is 0.204 e. The first-order valence-corrected chi connectivity index (χ1v) is 5.66. The number of nitrogens with two attached hydrogens (primary N) is 1. The summed E-state index contributed by atoms with van der Waals surface area (Å²) in [7, 11) is 4.90. The van der Waals surface area contributed by atoms with Crippen molar-refractivity contribution in [1.29, 1.82) is 0 Å². The van der Waals surface area contributed by atoms with Crippen LogP contribution in [-0.2, 0) is 9.47 Å². The molecule has 0 aliphatic carbocycles. The van der Waals surface area contributed by atoms with Gasteiger partial charge in [0.05, 0.1) is 7.11 Å². The first kappa shape index (κ1) is 12.8. The van der Waals surface area contributed by atoms with Crippen LogP contribution >= 0.6 is 0 Å². The van der Waals surface area contributed by atoms with Crippen LogP contribution in [0.2, 0.25) is 0 Å². The fourth-order valence-electron chi connectivity index (χ4n) is 2.17. The van der Waals surface area contributed by atoms with Crippen molar-refractivity contribution >= 4 is 11.6 Å². The molecule has 1 aliphatic rings. The molecule has 100 valence electrons. The summed E-state index contributed by atoms with van der Waals surface area (Å²) in [6.07, 6.45) is 1.45. The lowest BCUT2D eigenvalue weighted by Crippen LogP contribution is -2.27. The average molecular weight is 254 g/mol. The number of anilines is 2. The van der Waals surface area contributed by atoms with Gasteiger partial charge in [0.1, 0.15) is 18.5 Å². The van der Waals surface area contributed by atoms with E-state index in [0.717, 1.165) is 0 Å². The second kappa shape index (κ2) is 5.36. The SMILES string of the molecule is COc1c(N)ncnc1N1CC(OC)C(OC)C1. The van der Waals surface area contributed by atoms with Crippen LogP contribution in [-0.4, -0.2) is 56.6 Å². The van der Waals surface area contributed by atoms with E-state index in [1.54, 1.807) is 21.3 Å². The monoisotopic (exact) mass is 254 g/mol. The summed E-state index contributed by atoms with van der Waals surface area (Å²) in [6.45, 7) is 1.36. The van der Waals surface area contributed by atoms with Crippen LogP contribution in [0, 0.1) is 0 Å². The van der Waals surface area contributed by atoms with Crippen LogP contribution in [0.25, 0.3) is 0 Å². The van der Waals surface area contributed by atoms with Gasteiger partial charge in [0, 0.05) is 27.3 Å². The Labute approximate surface area is 106 Å². The summed E-state index contributed by atoms with van der Waals surface area (Å²) < 4.78 is 16.0. The summed E-state index contributed by atoms with van der Waals surface area (Å²) in [5.41, 5.74) is 5.77. The smallest absolute Gasteiger partial charge is 0.204 e. The number of nitrogen functional groups attached to an aromatic ring is 1. The van der Waals surface area contributed by atoms with Gasteiger partial charge in [0.2, 0.25) is 5.75 Å². The fourth-order valence-corrected chi connectivity index (χ4v) is 2.17. The zero-order valence-corrected chi connectivity index (χ0v) is 10.8. The molecule has 2 heterocycles. The first-order chi connectivity index (χ1) is 8.71. The topological polar surface area (TPSA) is 82.7 Å². The highest BCUT2D eigenvalue weighted by molar-refractivity contribution is 5.63. The molecule has 1 fully saturated rings. The molecule has 18 heavy (non-hydrogen) atoms. The number of methoxy groups -OCH3 is 3. The second-order valence-electron chi connectivity index (χ2n) is 4.07. The molecule has 0 amide bonds. The summed E-state index contributed by atoms with van der Waals surface area (Å²) in [5.74, 6) is 1.49. The Morgan fingerprint density at radius 1 is 1.17 bits per heavy atom.